The van der Waals surface area contributed by atoms with E-state index in [0.29, 0.717) is 10.6 Å². The molecule has 1 aromatic heterocycles. The lowest BCUT2D eigenvalue weighted by Gasteiger charge is -2.27. The third-order valence-corrected chi connectivity index (χ3v) is 3.97. The summed E-state index contributed by atoms with van der Waals surface area (Å²) in [6.07, 6.45) is -1.90. The zero-order chi connectivity index (χ0) is 22.9. The number of nitrogens with zero attached hydrogens (tertiary/aromatic N) is 3. The van der Waals surface area contributed by atoms with Crippen molar-refractivity contribution in [2.75, 3.05) is 4.90 Å². The molecule has 0 radical (unpaired) electrons. The van der Waals surface area contributed by atoms with E-state index in [0.717, 1.165) is 16.7 Å². The van der Waals surface area contributed by atoms with Crippen LogP contribution in [0, 0.1) is 13.8 Å². The highest BCUT2D eigenvalue weighted by atomic mass is 35.5. The standard InChI is InChI=1S/C22H28ClN3O4/c1-13-10-9-11-14(2)17(13)15-12-16(23)25-18(24-15)26(19(27)29-21(3,4)5)20(28)30-22(6,7)8/h9-12H,1-8H3. The molecule has 0 aliphatic rings. The Morgan fingerprint density at radius 1 is 0.900 bits per heavy atom. The van der Waals surface area contributed by atoms with Crippen LogP contribution < -0.4 is 4.90 Å². The molecule has 0 bridgehead atoms. The van der Waals surface area contributed by atoms with Crippen LogP contribution >= 0.6 is 11.6 Å². The first-order chi connectivity index (χ1) is 13.7. The Hall–Kier alpha value is -2.67. The monoisotopic (exact) mass is 433 g/mol. The number of aromatic nitrogens is 2. The van der Waals surface area contributed by atoms with Crippen LogP contribution in [-0.2, 0) is 9.47 Å². The van der Waals surface area contributed by atoms with Crippen molar-refractivity contribution >= 4 is 29.7 Å². The molecule has 8 heteroatoms. The second-order valence-electron chi connectivity index (χ2n) is 8.94. The molecule has 0 unspecified atom stereocenters. The van der Waals surface area contributed by atoms with Gasteiger partial charge in [-0.15, -0.1) is 4.90 Å². The molecule has 0 fully saturated rings. The van der Waals surface area contributed by atoms with Crippen LogP contribution in [0.25, 0.3) is 11.3 Å². The lowest BCUT2D eigenvalue weighted by molar-refractivity contribution is 0.0427. The van der Waals surface area contributed by atoms with Gasteiger partial charge in [-0.25, -0.2) is 14.6 Å². The molecule has 2 rings (SSSR count). The van der Waals surface area contributed by atoms with Crippen LogP contribution in [0.15, 0.2) is 24.3 Å². The van der Waals surface area contributed by atoms with Crippen molar-refractivity contribution in [1.29, 1.82) is 0 Å². The van der Waals surface area contributed by atoms with Gasteiger partial charge in [0, 0.05) is 11.6 Å². The van der Waals surface area contributed by atoms with E-state index in [9.17, 15) is 9.59 Å². The van der Waals surface area contributed by atoms with Crippen molar-refractivity contribution in [2.24, 2.45) is 0 Å². The van der Waals surface area contributed by atoms with Crippen molar-refractivity contribution < 1.29 is 19.1 Å². The van der Waals surface area contributed by atoms with Crippen LogP contribution in [0.5, 0.6) is 0 Å². The van der Waals surface area contributed by atoms with E-state index in [4.69, 9.17) is 21.1 Å². The summed E-state index contributed by atoms with van der Waals surface area (Å²) in [5.74, 6) is -0.219. The SMILES string of the molecule is Cc1cccc(C)c1-c1cc(Cl)nc(N(C(=O)OC(C)(C)C)C(=O)OC(C)(C)C)n1. The summed E-state index contributed by atoms with van der Waals surface area (Å²) in [6, 6.07) is 7.41. The predicted molar refractivity (Wildman–Crippen MR) is 117 cm³/mol. The molecule has 1 aromatic carbocycles. The minimum atomic E-state index is -0.952. The largest absolute Gasteiger partial charge is 0.443 e. The molecule has 2 amide bonds. The average molecular weight is 434 g/mol. The Kier molecular flexibility index (Phi) is 6.76. The quantitative estimate of drug-likeness (QED) is 0.533. The lowest BCUT2D eigenvalue weighted by atomic mass is 10.00. The summed E-state index contributed by atoms with van der Waals surface area (Å²) in [4.78, 5) is 34.9. The summed E-state index contributed by atoms with van der Waals surface area (Å²) in [5, 5.41) is 0.0785. The summed E-state index contributed by atoms with van der Waals surface area (Å²) >= 11 is 6.24. The minimum absolute atomic E-state index is 0.0785. The van der Waals surface area contributed by atoms with Gasteiger partial charge >= 0.3 is 12.2 Å². The molecule has 0 atom stereocenters. The molecular formula is C22H28ClN3O4. The number of amides is 2. The van der Waals surface area contributed by atoms with Crippen LogP contribution in [0.4, 0.5) is 15.5 Å². The summed E-state index contributed by atoms with van der Waals surface area (Å²) in [5.41, 5.74) is 1.58. The second kappa shape index (κ2) is 8.60. The molecule has 7 nitrogen and oxygen atoms in total. The Morgan fingerprint density at radius 2 is 1.37 bits per heavy atom. The molecule has 0 aliphatic carbocycles. The Bertz CT molecular complexity index is 914. The molecule has 0 aliphatic heterocycles. The Labute approximate surface area is 182 Å². The first-order valence-electron chi connectivity index (χ1n) is 9.55. The zero-order valence-corrected chi connectivity index (χ0v) is 19.4. The average Bonchev–Trinajstić information content (AvgIpc) is 2.50. The topological polar surface area (TPSA) is 81.6 Å². The number of ether oxygens (including phenoxy) is 2. The lowest BCUT2D eigenvalue weighted by Crippen LogP contribution is -2.44. The number of halogens is 1. The number of carbonyl (C=O) groups excluding carboxylic acids is 2. The van der Waals surface area contributed by atoms with Gasteiger partial charge in [0.2, 0.25) is 5.95 Å². The van der Waals surface area contributed by atoms with Crippen LogP contribution in [0.1, 0.15) is 52.7 Å². The smallest absolute Gasteiger partial charge is 0.427 e. The number of aryl methyl sites for hydroxylation is 2. The van der Waals surface area contributed by atoms with E-state index in [1.54, 1.807) is 47.6 Å². The highest BCUT2D eigenvalue weighted by Gasteiger charge is 2.35. The van der Waals surface area contributed by atoms with Gasteiger partial charge in [-0.3, -0.25) is 0 Å². The molecule has 0 spiro atoms. The maximum absolute atomic E-state index is 12.9. The molecule has 2 aromatic rings. The maximum Gasteiger partial charge on any atom is 0.427 e. The van der Waals surface area contributed by atoms with Crippen LogP contribution in [-0.4, -0.2) is 33.4 Å². The molecular weight excluding hydrogens is 406 g/mol. The van der Waals surface area contributed by atoms with Crippen molar-refractivity contribution in [3.63, 3.8) is 0 Å². The first kappa shape index (κ1) is 23.6. The van der Waals surface area contributed by atoms with E-state index in [2.05, 4.69) is 9.97 Å². The van der Waals surface area contributed by atoms with Gasteiger partial charge in [0.25, 0.3) is 0 Å². The fraction of sp³-hybridized carbons (Fsp3) is 0.455. The van der Waals surface area contributed by atoms with Crippen LogP contribution in [0.2, 0.25) is 5.15 Å². The molecule has 0 saturated heterocycles. The third kappa shape index (κ3) is 6.16. The first-order valence-corrected chi connectivity index (χ1v) is 9.93. The van der Waals surface area contributed by atoms with Gasteiger partial charge in [-0.05, 0) is 66.5 Å². The van der Waals surface area contributed by atoms with Gasteiger partial charge < -0.3 is 9.47 Å². The van der Waals surface area contributed by atoms with Crippen molar-refractivity contribution in [3.8, 4) is 11.3 Å². The number of hydrogen-bond acceptors (Lipinski definition) is 6. The molecule has 1 heterocycles. The summed E-state index contributed by atoms with van der Waals surface area (Å²) in [7, 11) is 0. The minimum Gasteiger partial charge on any atom is -0.443 e. The number of carbonyl (C=O) groups is 2. The van der Waals surface area contributed by atoms with Gasteiger partial charge in [0.1, 0.15) is 16.4 Å². The highest BCUT2D eigenvalue weighted by molar-refractivity contribution is 6.29. The summed E-state index contributed by atoms with van der Waals surface area (Å²) < 4.78 is 10.8. The fourth-order valence-corrected chi connectivity index (χ4v) is 2.88. The van der Waals surface area contributed by atoms with E-state index in [-0.39, 0.29) is 11.1 Å². The molecule has 0 N–H and O–H groups in total. The van der Waals surface area contributed by atoms with Gasteiger partial charge in [-0.1, -0.05) is 29.8 Å². The maximum atomic E-state index is 12.9. The van der Waals surface area contributed by atoms with Crippen molar-refractivity contribution in [3.05, 3.63) is 40.5 Å². The summed E-state index contributed by atoms with van der Waals surface area (Å²) in [6.45, 7) is 14.0. The third-order valence-electron chi connectivity index (χ3n) is 3.77. The Morgan fingerprint density at radius 3 is 1.80 bits per heavy atom. The van der Waals surface area contributed by atoms with Gasteiger partial charge in [-0.2, -0.15) is 4.98 Å². The van der Waals surface area contributed by atoms with Crippen molar-refractivity contribution in [2.45, 2.75) is 66.6 Å². The number of rotatable bonds is 2. The number of anilines is 1. The van der Waals surface area contributed by atoms with E-state index < -0.39 is 23.4 Å². The normalized spacial score (nSPS) is 11.8. The molecule has 162 valence electrons. The van der Waals surface area contributed by atoms with E-state index in [1.165, 1.54) is 0 Å². The fourth-order valence-electron chi connectivity index (χ4n) is 2.71. The van der Waals surface area contributed by atoms with Gasteiger partial charge in [0.15, 0.2) is 0 Å². The van der Waals surface area contributed by atoms with Crippen molar-refractivity contribution in [1.82, 2.24) is 9.97 Å². The highest BCUT2D eigenvalue weighted by Crippen LogP contribution is 2.29. The predicted octanol–water partition coefficient (Wildman–Crippen LogP) is 6.09. The molecule has 30 heavy (non-hydrogen) atoms. The zero-order valence-electron chi connectivity index (χ0n) is 18.7. The Balaban J connectivity index is 2.62. The number of imide groups is 1. The number of benzene rings is 1. The van der Waals surface area contributed by atoms with E-state index >= 15 is 0 Å². The number of hydrogen-bond donors (Lipinski definition) is 0. The van der Waals surface area contributed by atoms with E-state index in [1.807, 2.05) is 32.0 Å². The molecule has 0 saturated carbocycles. The van der Waals surface area contributed by atoms with Crippen LogP contribution in [0.3, 0.4) is 0 Å². The van der Waals surface area contributed by atoms with Gasteiger partial charge in [0.05, 0.1) is 5.69 Å². The second-order valence-corrected chi connectivity index (χ2v) is 9.33.